The van der Waals surface area contributed by atoms with Gasteiger partial charge in [-0.25, -0.2) is 0 Å². The maximum absolute atomic E-state index is 12.0. The van der Waals surface area contributed by atoms with Crippen LogP contribution in [-0.4, -0.2) is 18.4 Å². The van der Waals surface area contributed by atoms with Crippen LogP contribution in [0.3, 0.4) is 0 Å². The Balaban J connectivity index is 1.88. The quantitative estimate of drug-likeness (QED) is 0.830. The van der Waals surface area contributed by atoms with Crippen molar-refractivity contribution < 1.29 is 14.3 Å². The topological polar surface area (TPSA) is 67.4 Å². The first kappa shape index (κ1) is 17.5. The zero-order valence-corrected chi connectivity index (χ0v) is 14.2. The first-order valence-corrected chi connectivity index (χ1v) is 7.87. The Morgan fingerprint density at radius 3 is 2.33 bits per heavy atom. The van der Waals surface area contributed by atoms with E-state index in [0.717, 1.165) is 22.4 Å². The predicted octanol–water partition coefficient (Wildman–Crippen LogP) is 2.96. The molecule has 2 aromatic rings. The average Bonchev–Trinajstić information content (AvgIpc) is 2.56. The van der Waals surface area contributed by atoms with Gasteiger partial charge in [-0.1, -0.05) is 29.8 Å². The van der Waals surface area contributed by atoms with Gasteiger partial charge in [0.15, 0.2) is 0 Å². The minimum atomic E-state index is -0.673. The summed E-state index contributed by atoms with van der Waals surface area (Å²) in [5.41, 5.74) is 3.56. The van der Waals surface area contributed by atoms with Crippen molar-refractivity contribution in [3.8, 4) is 5.75 Å². The van der Waals surface area contributed by atoms with Crippen molar-refractivity contribution in [3.63, 3.8) is 0 Å². The fourth-order valence-corrected chi connectivity index (χ4v) is 2.27. The van der Waals surface area contributed by atoms with E-state index in [4.69, 9.17) is 4.74 Å². The van der Waals surface area contributed by atoms with Gasteiger partial charge in [0.1, 0.15) is 5.75 Å². The summed E-state index contributed by atoms with van der Waals surface area (Å²) >= 11 is 0. The second-order valence-corrected chi connectivity index (χ2v) is 5.53. The summed E-state index contributed by atoms with van der Waals surface area (Å²) < 4.78 is 5.36. The van der Waals surface area contributed by atoms with Crippen LogP contribution in [0.15, 0.2) is 42.5 Å². The Morgan fingerprint density at radius 1 is 1.00 bits per heavy atom. The first-order chi connectivity index (χ1) is 11.5. The molecule has 24 heavy (non-hydrogen) atoms. The lowest BCUT2D eigenvalue weighted by Gasteiger charge is -2.10. The number of carbonyl (C=O) groups excluding carboxylic acids is 2. The van der Waals surface area contributed by atoms with Gasteiger partial charge in [0.05, 0.1) is 6.61 Å². The molecule has 0 aliphatic rings. The third-order valence-electron chi connectivity index (χ3n) is 3.52. The highest BCUT2D eigenvalue weighted by Crippen LogP contribution is 2.16. The number of carbonyl (C=O) groups is 2. The minimum Gasteiger partial charge on any atom is -0.494 e. The van der Waals surface area contributed by atoms with E-state index >= 15 is 0 Å². The van der Waals surface area contributed by atoms with Crippen LogP contribution in [0.2, 0.25) is 0 Å². The molecule has 0 aliphatic carbocycles. The second-order valence-electron chi connectivity index (χ2n) is 5.53. The summed E-state index contributed by atoms with van der Waals surface area (Å²) in [6, 6.07) is 13.0. The Morgan fingerprint density at radius 2 is 1.71 bits per heavy atom. The van der Waals surface area contributed by atoms with Crippen LogP contribution >= 0.6 is 0 Å². The molecule has 0 unspecified atom stereocenters. The van der Waals surface area contributed by atoms with Gasteiger partial charge in [-0.15, -0.1) is 0 Å². The van der Waals surface area contributed by atoms with Gasteiger partial charge >= 0.3 is 11.8 Å². The number of rotatable bonds is 5. The molecule has 2 aromatic carbocycles. The average molecular weight is 326 g/mol. The van der Waals surface area contributed by atoms with Gasteiger partial charge < -0.3 is 15.4 Å². The van der Waals surface area contributed by atoms with E-state index in [2.05, 4.69) is 10.6 Å². The Kier molecular flexibility index (Phi) is 5.95. The van der Waals surface area contributed by atoms with Gasteiger partial charge in [-0.3, -0.25) is 9.59 Å². The van der Waals surface area contributed by atoms with E-state index in [-0.39, 0.29) is 6.54 Å². The summed E-state index contributed by atoms with van der Waals surface area (Å²) in [5.74, 6) is -0.558. The van der Waals surface area contributed by atoms with Crippen molar-refractivity contribution in [2.75, 3.05) is 11.9 Å². The van der Waals surface area contributed by atoms with Gasteiger partial charge in [0.25, 0.3) is 0 Å². The van der Waals surface area contributed by atoms with Gasteiger partial charge in [-0.2, -0.15) is 0 Å². The number of benzene rings is 2. The SMILES string of the molecule is CCOc1ccc(CNC(=O)C(=O)Nc2ccc(C)cc2C)cc1. The molecule has 5 nitrogen and oxygen atoms in total. The minimum absolute atomic E-state index is 0.283. The monoisotopic (exact) mass is 326 g/mol. The number of aryl methyl sites for hydroxylation is 2. The summed E-state index contributed by atoms with van der Waals surface area (Å²) in [6.45, 7) is 6.67. The van der Waals surface area contributed by atoms with Crippen molar-refractivity contribution in [1.82, 2.24) is 5.32 Å². The molecule has 0 spiro atoms. The maximum Gasteiger partial charge on any atom is 0.313 e. The van der Waals surface area contributed by atoms with Crippen molar-refractivity contribution in [2.45, 2.75) is 27.3 Å². The molecule has 2 amide bonds. The molecular formula is C19H22N2O3. The molecular weight excluding hydrogens is 304 g/mol. The number of anilines is 1. The second kappa shape index (κ2) is 8.15. The van der Waals surface area contributed by atoms with Crippen LogP contribution in [-0.2, 0) is 16.1 Å². The van der Waals surface area contributed by atoms with Crippen molar-refractivity contribution >= 4 is 17.5 Å². The molecule has 0 saturated heterocycles. The maximum atomic E-state index is 12.0. The highest BCUT2D eigenvalue weighted by atomic mass is 16.5. The molecule has 0 aromatic heterocycles. The zero-order chi connectivity index (χ0) is 17.5. The number of amides is 2. The largest absolute Gasteiger partial charge is 0.494 e. The molecule has 5 heteroatoms. The van der Waals surface area contributed by atoms with Crippen LogP contribution in [0.25, 0.3) is 0 Å². The Hall–Kier alpha value is -2.82. The Labute approximate surface area is 142 Å². The summed E-state index contributed by atoms with van der Waals surface area (Å²) in [7, 11) is 0. The van der Waals surface area contributed by atoms with E-state index in [1.54, 1.807) is 6.07 Å². The van der Waals surface area contributed by atoms with E-state index in [9.17, 15) is 9.59 Å². The van der Waals surface area contributed by atoms with Crippen molar-refractivity contribution in [2.24, 2.45) is 0 Å². The molecule has 0 radical (unpaired) electrons. The third kappa shape index (κ3) is 4.84. The molecule has 0 fully saturated rings. The molecule has 0 atom stereocenters. The van der Waals surface area contributed by atoms with Gasteiger partial charge in [-0.05, 0) is 50.1 Å². The van der Waals surface area contributed by atoms with Gasteiger partial charge in [0, 0.05) is 12.2 Å². The summed E-state index contributed by atoms with van der Waals surface area (Å²) in [4.78, 5) is 23.9. The number of hydrogen-bond acceptors (Lipinski definition) is 3. The fraction of sp³-hybridized carbons (Fsp3) is 0.263. The van der Waals surface area contributed by atoms with Crippen LogP contribution in [0.5, 0.6) is 5.75 Å². The highest BCUT2D eigenvalue weighted by Gasteiger charge is 2.14. The van der Waals surface area contributed by atoms with Crippen LogP contribution in [0.1, 0.15) is 23.6 Å². The molecule has 2 rings (SSSR count). The molecule has 0 saturated carbocycles. The lowest BCUT2D eigenvalue weighted by molar-refractivity contribution is -0.136. The van der Waals surface area contributed by atoms with Crippen LogP contribution in [0.4, 0.5) is 5.69 Å². The molecule has 0 bridgehead atoms. The number of nitrogens with one attached hydrogen (secondary N) is 2. The van der Waals surface area contributed by atoms with E-state index in [0.29, 0.717) is 12.3 Å². The normalized spacial score (nSPS) is 10.1. The molecule has 2 N–H and O–H groups in total. The zero-order valence-electron chi connectivity index (χ0n) is 14.2. The number of ether oxygens (including phenoxy) is 1. The lowest BCUT2D eigenvalue weighted by atomic mass is 10.1. The smallest absolute Gasteiger partial charge is 0.313 e. The summed E-state index contributed by atoms with van der Waals surface area (Å²) in [6.07, 6.45) is 0. The Bertz CT molecular complexity index is 724. The van der Waals surface area contributed by atoms with E-state index in [1.165, 1.54) is 0 Å². The fourth-order valence-electron chi connectivity index (χ4n) is 2.27. The molecule has 126 valence electrons. The van der Waals surface area contributed by atoms with Crippen molar-refractivity contribution in [1.29, 1.82) is 0 Å². The standard InChI is InChI=1S/C19H22N2O3/c1-4-24-16-8-6-15(7-9-16)12-20-18(22)19(23)21-17-10-5-13(2)11-14(17)3/h5-11H,4,12H2,1-3H3,(H,20,22)(H,21,23). The highest BCUT2D eigenvalue weighted by molar-refractivity contribution is 6.39. The van der Waals surface area contributed by atoms with Crippen LogP contribution < -0.4 is 15.4 Å². The first-order valence-electron chi connectivity index (χ1n) is 7.87. The van der Waals surface area contributed by atoms with Gasteiger partial charge in [0.2, 0.25) is 0 Å². The van der Waals surface area contributed by atoms with E-state index < -0.39 is 11.8 Å². The predicted molar refractivity (Wildman–Crippen MR) is 94.0 cm³/mol. The van der Waals surface area contributed by atoms with Crippen LogP contribution in [0, 0.1) is 13.8 Å². The van der Waals surface area contributed by atoms with Crippen molar-refractivity contribution in [3.05, 3.63) is 59.2 Å². The lowest BCUT2D eigenvalue weighted by Crippen LogP contribution is -2.35. The molecule has 0 aliphatic heterocycles. The number of hydrogen-bond donors (Lipinski definition) is 2. The summed E-state index contributed by atoms with van der Waals surface area (Å²) in [5, 5.41) is 5.24. The third-order valence-corrected chi connectivity index (χ3v) is 3.52. The molecule has 0 heterocycles. The van der Waals surface area contributed by atoms with E-state index in [1.807, 2.05) is 57.2 Å².